The summed E-state index contributed by atoms with van der Waals surface area (Å²) < 4.78 is 0. The van der Waals surface area contributed by atoms with E-state index in [1.54, 1.807) is 0 Å². The molecule has 1 aliphatic rings. The van der Waals surface area contributed by atoms with Gasteiger partial charge in [-0.3, -0.25) is 0 Å². The Labute approximate surface area is 108 Å². The molecule has 0 amide bonds. The third-order valence-electron chi connectivity index (χ3n) is 3.94. The van der Waals surface area contributed by atoms with Crippen LogP contribution in [0.15, 0.2) is 42.5 Å². The van der Waals surface area contributed by atoms with Gasteiger partial charge in [0.1, 0.15) is 0 Å². The highest BCUT2D eigenvalue weighted by Gasteiger charge is 2.41. The highest BCUT2D eigenvalue weighted by Crippen LogP contribution is 2.44. The van der Waals surface area contributed by atoms with Gasteiger partial charge in [-0.05, 0) is 35.2 Å². The molecule has 1 saturated carbocycles. The molecule has 0 aromatic heterocycles. The van der Waals surface area contributed by atoms with Crippen LogP contribution in [0, 0.1) is 5.41 Å². The first-order valence-corrected chi connectivity index (χ1v) is 6.61. The lowest BCUT2D eigenvalue weighted by Crippen LogP contribution is -2.26. The van der Waals surface area contributed by atoms with Crippen molar-refractivity contribution in [2.24, 2.45) is 5.41 Å². The van der Waals surface area contributed by atoms with Crippen molar-refractivity contribution in [3.63, 3.8) is 0 Å². The summed E-state index contributed by atoms with van der Waals surface area (Å²) >= 11 is 0. The minimum Gasteiger partial charge on any atom is -0.396 e. The fourth-order valence-corrected chi connectivity index (χ4v) is 2.39. The summed E-state index contributed by atoms with van der Waals surface area (Å²) in [6, 6.07) is 15.0. The van der Waals surface area contributed by atoms with Crippen molar-refractivity contribution in [2.45, 2.75) is 19.4 Å². The molecule has 1 aliphatic carbocycles. The molecule has 2 aromatic carbocycles. The summed E-state index contributed by atoms with van der Waals surface area (Å²) in [5.41, 5.74) is 1.50. The normalized spacial score (nSPS) is 16.9. The zero-order valence-electron chi connectivity index (χ0n) is 10.5. The first-order chi connectivity index (χ1) is 8.81. The molecule has 0 aliphatic heterocycles. The van der Waals surface area contributed by atoms with Gasteiger partial charge < -0.3 is 10.4 Å². The topological polar surface area (TPSA) is 32.3 Å². The number of aliphatic hydroxyl groups excluding tert-OH is 1. The van der Waals surface area contributed by atoms with Gasteiger partial charge in [-0.2, -0.15) is 0 Å². The molecule has 18 heavy (non-hydrogen) atoms. The lowest BCUT2D eigenvalue weighted by atomic mass is 10.1. The standard InChI is InChI=1S/C16H19NO/c18-12-16(7-8-16)11-17-10-13-5-6-14-3-1-2-4-15(14)9-13/h1-6,9,17-18H,7-8,10-12H2. The molecule has 2 aromatic rings. The largest absolute Gasteiger partial charge is 0.396 e. The quantitative estimate of drug-likeness (QED) is 0.843. The van der Waals surface area contributed by atoms with Crippen LogP contribution >= 0.6 is 0 Å². The van der Waals surface area contributed by atoms with E-state index in [1.807, 2.05) is 0 Å². The molecule has 0 spiro atoms. The molecule has 0 unspecified atom stereocenters. The van der Waals surface area contributed by atoms with E-state index < -0.39 is 0 Å². The van der Waals surface area contributed by atoms with Crippen LogP contribution in [-0.2, 0) is 6.54 Å². The number of benzene rings is 2. The minimum absolute atomic E-state index is 0.191. The zero-order chi connectivity index (χ0) is 12.4. The molecule has 1 fully saturated rings. The third kappa shape index (κ3) is 2.40. The van der Waals surface area contributed by atoms with Gasteiger partial charge in [0.2, 0.25) is 0 Å². The number of rotatable bonds is 5. The predicted octanol–water partition coefficient (Wildman–Crippen LogP) is 2.70. The van der Waals surface area contributed by atoms with Crippen LogP contribution < -0.4 is 5.32 Å². The maximum Gasteiger partial charge on any atom is 0.0499 e. The maximum atomic E-state index is 9.26. The summed E-state index contributed by atoms with van der Waals surface area (Å²) in [6.45, 7) is 2.13. The van der Waals surface area contributed by atoms with Crippen molar-refractivity contribution in [1.29, 1.82) is 0 Å². The van der Waals surface area contributed by atoms with E-state index >= 15 is 0 Å². The molecular formula is C16H19NO. The van der Waals surface area contributed by atoms with Gasteiger partial charge in [-0.1, -0.05) is 36.4 Å². The molecule has 2 heteroatoms. The number of fused-ring (bicyclic) bond motifs is 1. The smallest absolute Gasteiger partial charge is 0.0499 e. The highest BCUT2D eigenvalue weighted by molar-refractivity contribution is 5.82. The van der Waals surface area contributed by atoms with Crippen molar-refractivity contribution < 1.29 is 5.11 Å². The molecule has 0 saturated heterocycles. The predicted molar refractivity (Wildman–Crippen MR) is 74.4 cm³/mol. The van der Waals surface area contributed by atoms with E-state index in [2.05, 4.69) is 47.8 Å². The first kappa shape index (κ1) is 11.7. The Morgan fingerprint density at radius 2 is 1.83 bits per heavy atom. The molecule has 2 N–H and O–H groups in total. The van der Waals surface area contributed by atoms with Crippen LogP contribution in [-0.4, -0.2) is 18.3 Å². The van der Waals surface area contributed by atoms with Crippen LogP contribution in [0.1, 0.15) is 18.4 Å². The first-order valence-electron chi connectivity index (χ1n) is 6.61. The molecule has 0 bridgehead atoms. The Bertz CT molecular complexity index is 546. The summed E-state index contributed by atoms with van der Waals surface area (Å²) in [6.07, 6.45) is 2.32. The molecule has 94 valence electrons. The Balaban J connectivity index is 1.64. The van der Waals surface area contributed by atoms with Gasteiger partial charge in [0.15, 0.2) is 0 Å². The number of aliphatic hydroxyl groups is 1. The molecule has 0 heterocycles. The van der Waals surface area contributed by atoms with Crippen LogP contribution in [0.2, 0.25) is 0 Å². The van der Waals surface area contributed by atoms with Crippen LogP contribution in [0.25, 0.3) is 10.8 Å². The summed E-state index contributed by atoms with van der Waals surface area (Å²) in [4.78, 5) is 0. The van der Waals surface area contributed by atoms with E-state index in [1.165, 1.54) is 16.3 Å². The van der Waals surface area contributed by atoms with Crippen molar-refractivity contribution in [2.75, 3.05) is 13.2 Å². The third-order valence-corrected chi connectivity index (χ3v) is 3.94. The van der Waals surface area contributed by atoms with E-state index in [-0.39, 0.29) is 5.41 Å². The average molecular weight is 241 g/mol. The summed E-state index contributed by atoms with van der Waals surface area (Å²) in [7, 11) is 0. The lowest BCUT2D eigenvalue weighted by Gasteiger charge is -2.12. The van der Waals surface area contributed by atoms with Crippen LogP contribution in [0.3, 0.4) is 0 Å². The van der Waals surface area contributed by atoms with Gasteiger partial charge in [0.05, 0.1) is 0 Å². The highest BCUT2D eigenvalue weighted by atomic mass is 16.3. The number of nitrogens with one attached hydrogen (secondary N) is 1. The zero-order valence-corrected chi connectivity index (χ0v) is 10.5. The van der Waals surface area contributed by atoms with E-state index in [0.29, 0.717) is 6.61 Å². The molecule has 0 radical (unpaired) electrons. The van der Waals surface area contributed by atoms with Crippen molar-refractivity contribution in [1.82, 2.24) is 5.32 Å². The van der Waals surface area contributed by atoms with E-state index in [4.69, 9.17) is 0 Å². The van der Waals surface area contributed by atoms with Crippen molar-refractivity contribution in [3.8, 4) is 0 Å². The maximum absolute atomic E-state index is 9.26. The fraction of sp³-hybridized carbons (Fsp3) is 0.375. The Kier molecular flexibility index (Phi) is 3.06. The second kappa shape index (κ2) is 4.71. The van der Waals surface area contributed by atoms with Gasteiger partial charge in [-0.25, -0.2) is 0 Å². The van der Waals surface area contributed by atoms with E-state index in [9.17, 15) is 5.11 Å². The van der Waals surface area contributed by atoms with Gasteiger partial charge in [0, 0.05) is 25.1 Å². The second-order valence-electron chi connectivity index (χ2n) is 5.44. The van der Waals surface area contributed by atoms with Crippen molar-refractivity contribution in [3.05, 3.63) is 48.0 Å². The van der Waals surface area contributed by atoms with Gasteiger partial charge in [0.25, 0.3) is 0 Å². The second-order valence-corrected chi connectivity index (χ2v) is 5.44. The number of hydrogen-bond donors (Lipinski definition) is 2. The molecule has 0 atom stereocenters. The SMILES string of the molecule is OCC1(CNCc2ccc3ccccc3c2)CC1. The lowest BCUT2D eigenvalue weighted by molar-refractivity contribution is 0.207. The Morgan fingerprint density at radius 1 is 1.06 bits per heavy atom. The fourth-order valence-electron chi connectivity index (χ4n) is 2.39. The Hall–Kier alpha value is -1.38. The molecule has 3 rings (SSSR count). The summed E-state index contributed by atoms with van der Waals surface area (Å²) in [5.74, 6) is 0. The van der Waals surface area contributed by atoms with Gasteiger partial charge >= 0.3 is 0 Å². The minimum atomic E-state index is 0.191. The van der Waals surface area contributed by atoms with Gasteiger partial charge in [-0.15, -0.1) is 0 Å². The van der Waals surface area contributed by atoms with Crippen LogP contribution in [0.5, 0.6) is 0 Å². The molecule has 2 nitrogen and oxygen atoms in total. The summed E-state index contributed by atoms with van der Waals surface area (Å²) in [5, 5.41) is 15.3. The average Bonchev–Trinajstić information content (AvgIpc) is 3.19. The Morgan fingerprint density at radius 3 is 2.56 bits per heavy atom. The van der Waals surface area contributed by atoms with Crippen LogP contribution in [0.4, 0.5) is 0 Å². The molecular weight excluding hydrogens is 222 g/mol. The van der Waals surface area contributed by atoms with E-state index in [0.717, 1.165) is 25.9 Å². The number of hydrogen-bond acceptors (Lipinski definition) is 2. The van der Waals surface area contributed by atoms with Crippen molar-refractivity contribution >= 4 is 10.8 Å². The monoisotopic (exact) mass is 241 g/mol.